The lowest BCUT2D eigenvalue weighted by Gasteiger charge is -2.12. The van der Waals surface area contributed by atoms with Gasteiger partial charge in [-0.1, -0.05) is 171 Å². The lowest BCUT2D eigenvalue weighted by atomic mass is 10.0. The van der Waals surface area contributed by atoms with E-state index in [1.54, 1.807) is 0 Å². The predicted octanol–water partition coefficient (Wildman–Crippen LogP) is 12.4. The highest BCUT2D eigenvalue weighted by molar-refractivity contribution is 5.69. The number of carbonyl (C=O) groups excluding carboxylic acids is 2. The monoisotopic (exact) mass is 717 g/mol. The molecular weight excluding hydrogens is 636 g/mol. The van der Waals surface area contributed by atoms with Gasteiger partial charge in [-0.25, -0.2) is 0 Å². The molecule has 0 amide bonds. The first-order valence-corrected chi connectivity index (χ1v) is 21.2. The van der Waals surface area contributed by atoms with Crippen LogP contribution in [-0.4, -0.2) is 47.6 Å². The maximum atomic E-state index is 12.0. The summed E-state index contributed by atoms with van der Waals surface area (Å²) in [6.45, 7) is 3.82. The van der Waals surface area contributed by atoms with Crippen LogP contribution in [0.3, 0.4) is 0 Å². The Morgan fingerprint density at radius 1 is 0.471 bits per heavy atom. The molecule has 0 aromatic rings. The number of carbonyl (C=O) groups is 2. The van der Waals surface area contributed by atoms with Crippen molar-refractivity contribution in [3.63, 3.8) is 0 Å². The quantitative estimate of drug-likeness (QED) is 0.0375. The Bertz CT molecular complexity index is 874. The van der Waals surface area contributed by atoms with Crippen molar-refractivity contribution in [2.24, 2.45) is 0 Å². The van der Waals surface area contributed by atoms with E-state index in [-0.39, 0.29) is 31.3 Å². The van der Waals surface area contributed by atoms with E-state index < -0.39 is 6.10 Å². The molecule has 0 aromatic heterocycles. The highest BCUT2D eigenvalue weighted by Crippen LogP contribution is 2.15. The molecule has 0 aliphatic carbocycles. The Balaban J connectivity index is 3.50. The molecule has 0 aromatic carbocycles. The van der Waals surface area contributed by atoms with Gasteiger partial charge in [-0.15, -0.1) is 0 Å². The second-order valence-corrected chi connectivity index (χ2v) is 14.4. The molecule has 0 aliphatic heterocycles. The molecule has 0 fully saturated rings. The van der Waals surface area contributed by atoms with Crippen LogP contribution in [0.4, 0.5) is 0 Å². The third-order valence-electron chi connectivity index (χ3n) is 9.09. The number of ether oxygens (including phenoxy) is 2. The third-order valence-corrected chi connectivity index (χ3v) is 9.09. The number of aliphatic hydroxyl groups excluding tert-OH is 2. The molecule has 2 N–H and O–H groups in total. The number of unbranched alkanes of at least 4 members (excludes halogenated alkanes) is 20. The molecule has 0 heterocycles. The predicted molar refractivity (Wildman–Crippen MR) is 216 cm³/mol. The number of hydrogen-bond acceptors (Lipinski definition) is 6. The van der Waals surface area contributed by atoms with Gasteiger partial charge >= 0.3 is 11.9 Å². The molecule has 6 nitrogen and oxygen atoms in total. The summed E-state index contributed by atoms with van der Waals surface area (Å²) < 4.78 is 10.3. The van der Waals surface area contributed by atoms with Gasteiger partial charge in [-0.3, -0.25) is 9.59 Å². The van der Waals surface area contributed by atoms with E-state index >= 15 is 0 Å². The van der Waals surface area contributed by atoms with Crippen LogP contribution in [-0.2, 0) is 19.1 Å². The fourth-order valence-electron chi connectivity index (χ4n) is 5.86. The SMILES string of the molecule is CCCCCCCCCCCCCCCCCCCCCC(=O)OC[C@H](O)COC(=O)CCC/C=C\C/C=C\C/C=C\C/C=C\CCC[C@@H](C)O. The van der Waals surface area contributed by atoms with Crippen LogP contribution in [0.25, 0.3) is 0 Å². The Hall–Kier alpha value is -2.18. The Morgan fingerprint density at radius 2 is 0.804 bits per heavy atom. The van der Waals surface area contributed by atoms with Gasteiger partial charge in [0, 0.05) is 12.8 Å². The molecule has 296 valence electrons. The number of esters is 2. The van der Waals surface area contributed by atoms with Gasteiger partial charge in [0.1, 0.15) is 19.3 Å². The summed E-state index contributed by atoms with van der Waals surface area (Å²) in [6, 6.07) is 0. The van der Waals surface area contributed by atoms with Crippen LogP contribution < -0.4 is 0 Å². The van der Waals surface area contributed by atoms with Crippen LogP contribution in [0.2, 0.25) is 0 Å². The second-order valence-electron chi connectivity index (χ2n) is 14.4. The third kappa shape index (κ3) is 42.1. The summed E-state index contributed by atoms with van der Waals surface area (Å²) in [5.74, 6) is -0.640. The van der Waals surface area contributed by atoms with Crippen molar-refractivity contribution in [3.8, 4) is 0 Å². The van der Waals surface area contributed by atoms with Crippen molar-refractivity contribution in [2.75, 3.05) is 13.2 Å². The van der Waals surface area contributed by atoms with Crippen LogP contribution in [0.1, 0.15) is 200 Å². The molecule has 0 radical (unpaired) electrons. The first-order valence-electron chi connectivity index (χ1n) is 21.2. The van der Waals surface area contributed by atoms with Crippen molar-refractivity contribution in [1.29, 1.82) is 0 Å². The Labute approximate surface area is 314 Å². The highest BCUT2D eigenvalue weighted by Gasteiger charge is 2.12. The number of rotatable bonds is 38. The second kappa shape index (κ2) is 40.6. The van der Waals surface area contributed by atoms with Crippen molar-refractivity contribution in [3.05, 3.63) is 48.6 Å². The molecule has 0 aliphatic rings. The lowest BCUT2D eigenvalue weighted by Crippen LogP contribution is -2.25. The summed E-state index contributed by atoms with van der Waals surface area (Å²) in [5, 5.41) is 19.3. The van der Waals surface area contributed by atoms with Crippen LogP contribution in [0.5, 0.6) is 0 Å². The van der Waals surface area contributed by atoms with Crippen LogP contribution >= 0.6 is 0 Å². The van der Waals surface area contributed by atoms with Gasteiger partial charge in [0.15, 0.2) is 0 Å². The summed E-state index contributed by atoms with van der Waals surface area (Å²) in [6.07, 6.45) is 48.8. The van der Waals surface area contributed by atoms with E-state index in [4.69, 9.17) is 9.47 Å². The summed E-state index contributed by atoms with van der Waals surface area (Å²) in [4.78, 5) is 24.0. The standard InChI is InChI=1S/C45H80O6/c1-3-4-5-6-7-8-9-10-11-12-13-14-17-20-23-26-29-32-35-38-44(48)50-40-43(47)41-51-45(49)39-36-33-30-27-24-21-18-15-16-19-22-25-28-31-34-37-42(2)46/h16,18-19,21,25,27-28,30,42-43,46-47H,3-15,17,20,22-24,26,29,31-41H2,1-2H3/b19-16-,21-18-,28-25-,30-27-/t42-,43+/m1/s1. The molecule has 0 bridgehead atoms. The number of allylic oxidation sites excluding steroid dienone is 8. The van der Waals surface area contributed by atoms with E-state index in [1.807, 2.05) is 6.92 Å². The van der Waals surface area contributed by atoms with E-state index in [0.717, 1.165) is 64.2 Å². The molecule has 0 saturated carbocycles. The summed E-state index contributed by atoms with van der Waals surface area (Å²) >= 11 is 0. The van der Waals surface area contributed by atoms with E-state index in [0.29, 0.717) is 19.3 Å². The lowest BCUT2D eigenvalue weighted by molar-refractivity contribution is -0.152. The fraction of sp³-hybridized carbons (Fsp3) is 0.778. The highest BCUT2D eigenvalue weighted by atomic mass is 16.6. The smallest absolute Gasteiger partial charge is 0.305 e. The minimum Gasteiger partial charge on any atom is -0.463 e. The van der Waals surface area contributed by atoms with E-state index in [9.17, 15) is 19.8 Å². The minimum absolute atomic E-state index is 0.139. The van der Waals surface area contributed by atoms with Crippen molar-refractivity contribution in [1.82, 2.24) is 0 Å². The fourth-order valence-corrected chi connectivity index (χ4v) is 5.86. The van der Waals surface area contributed by atoms with E-state index in [2.05, 4.69) is 55.5 Å². The van der Waals surface area contributed by atoms with Crippen molar-refractivity contribution in [2.45, 2.75) is 212 Å². The maximum Gasteiger partial charge on any atom is 0.305 e. The van der Waals surface area contributed by atoms with Gasteiger partial charge in [0.05, 0.1) is 6.10 Å². The van der Waals surface area contributed by atoms with Gasteiger partial charge in [0.2, 0.25) is 0 Å². The normalized spacial score (nSPS) is 13.3. The van der Waals surface area contributed by atoms with Crippen molar-refractivity contribution < 1.29 is 29.3 Å². The molecule has 2 atom stereocenters. The molecule has 6 heteroatoms. The number of hydrogen-bond donors (Lipinski definition) is 2. The Morgan fingerprint density at radius 3 is 1.20 bits per heavy atom. The Kier molecular flexibility index (Phi) is 38.9. The molecule has 0 rings (SSSR count). The van der Waals surface area contributed by atoms with Gasteiger partial charge < -0.3 is 19.7 Å². The topological polar surface area (TPSA) is 93.1 Å². The molecule has 51 heavy (non-hydrogen) atoms. The average molecular weight is 717 g/mol. The zero-order chi connectivity index (χ0) is 37.3. The molecule has 0 unspecified atom stereocenters. The van der Waals surface area contributed by atoms with Gasteiger partial charge in [-0.05, 0) is 64.7 Å². The first kappa shape index (κ1) is 48.8. The largest absolute Gasteiger partial charge is 0.463 e. The minimum atomic E-state index is -0.993. The van der Waals surface area contributed by atoms with Crippen LogP contribution in [0, 0.1) is 0 Å². The van der Waals surface area contributed by atoms with Gasteiger partial charge in [-0.2, -0.15) is 0 Å². The summed E-state index contributed by atoms with van der Waals surface area (Å²) in [7, 11) is 0. The van der Waals surface area contributed by atoms with E-state index in [1.165, 1.54) is 103 Å². The molecular formula is C45H80O6. The number of aliphatic hydroxyl groups is 2. The average Bonchev–Trinajstić information content (AvgIpc) is 3.11. The summed E-state index contributed by atoms with van der Waals surface area (Å²) in [5.41, 5.74) is 0. The molecule has 0 saturated heterocycles. The zero-order valence-electron chi connectivity index (χ0n) is 33.2. The molecule has 0 spiro atoms. The van der Waals surface area contributed by atoms with Crippen molar-refractivity contribution >= 4 is 11.9 Å². The maximum absolute atomic E-state index is 12.0. The van der Waals surface area contributed by atoms with Crippen LogP contribution in [0.15, 0.2) is 48.6 Å². The first-order chi connectivity index (χ1) is 25.0. The van der Waals surface area contributed by atoms with Gasteiger partial charge in [0.25, 0.3) is 0 Å². The zero-order valence-corrected chi connectivity index (χ0v) is 33.2.